The standard InChI is InChI=1S/C17H16N4O4/c1-24-13-9-8-11(10-14(13)25-2)18-16(22)15-19-17(23)21(20-15)12-6-4-3-5-7-12/h3-10H,1-2H3,(H,18,22)(H,19,20,23). The molecule has 0 aliphatic rings. The van der Waals surface area contributed by atoms with E-state index in [0.29, 0.717) is 22.9 Å². The minimum atomic E-state index is -0.543. The van der Waals surface area contributed by atoms with Crippen LogP contribution in [0, 0.1) is 0 Å². The first-order chi connectivity index (χ1) is 12.1. The van der Waals surface area contributed by atoms with Crippen LogP contribution in [0.4, 0.5) is 5.69 Å². The Labute approximate surface area is 143 Å². The van der Waals surface area contributed by atoms with Gasteiger partial charge in [0.15, 0.2) is 11.5 Å². The van der Waals surface area contributed by atoms with Gasteiger partial charge in [0.05, 0.1) is 19.9 Å². The molecule has 1 aromatic heterocycles. The van der Waals surface area contributed by atoms with E-state index in [1.165, 1.54) is 14.2 Å². The van der Waals surface area contributed by atoms with E-state index in [4.69, 9.17) is 9.47 Å². The van der Waals surface area contributed by atoms with Gasteiger partial charge in [0.2, 0.25) is 5.82 Å². The van der Waals surface area contributed by atoms with E-state index in [1.807, 2.05) is 6.07 Å². The van der Waals surface area contributed by atoms with Crippen molar-refractivity contribution in [3.8, 4) is 17.2 Å². The Balaban J connectivity index is 1.84. The maximum Gasteiger partial charge on any atom is 0.348 e. The van der Waals surface area contributed by atoms with Gasteiger partial charge in [0, 0.05) is 11.8 Å². The maximum atomic E-state index is 12.3. The van der Waals surface area contributed by atoms with Gasteiger partial charge in [-0.2, -0.15) is 4.68 Å². The van der Waals surface area contributed by atoms with Gasteiger partial charge in [-0.05, 0) is 24.3 Å². The SMILES string of the molecule is COc1ccc(NC(=O)c2nn(-c3ccccc3)c(=O)[nH]2)cc1OC. The van der Waals surface area contributed by atoms with E-state index in [2.05, 4.69) is 15.4 Å². The van der Waals surface area contributed by atoms with Crippen LogP contribution in [-0.2, 0) is 0 Å². The van der Waals surface area contributed by atoms with E-state index in [0.717, 1.165) is 4.68 Å². The molecule has 2 aromatic carbocycles. The number of para-hydroxylation sites is 1. The minimum absolute atomic E-state index is 0.0939. The Morgan fingerprint density at radius 3 is 2.48 bits per heavy atom. The number of hydrogen-bond donors (Lipinski definition) is 2. The Bertz CT molecular complexity index is 947. The average Bonchev–Trinajstić information content (AvgIpc) is 3.04. The summed E-state index contributed by atoms with van der Waals surface area (Å²) in [6, 6.07) is 13.8. The lowest BCUT2D eigenvalue weighted by molar-refractivity contribution is 0.101. The summed E-state index contributed by atoms with van der Waals surface area (Å²) >= 11 is 0. The number of carbonyl (C=O) groups is 1. The van der Waals surface area contributed by atoms with Crippen LogP contribution >= 0.6 is 0 Å². The zero-order valence-corrected chi connectivity index (χ0v) is 13.6. The van der Waals surface area contributed by atoms with Crippen LogP contribution in [0.15, 0.2) is 53.3 Å². The van der Waals surface area contributed by atoms with Crippen molar-refractivity contribution in [3.05, 3.63) is 64.8 Å². The molecule has 0 aliphatic carbocycles. The van der Waals surface area contributed by atoms with Crippen molar-refractivity contribution >= 4 is 11.6 Å². The van der Waals surface area contributed by atoms with Crippen LogP contribution < -0.4 is 20.5 Å². The highest BCUT2D eigenvalue weighted by Gasteiger charge is 2.15. The predicted octanol–water partition coefficient (Wildman–Crippen LogP) is 1.83. The number of methoxy groups -OCH3 is 2. The highest BCUT2D eigenvalue weighted by Crippen LogP contribution is 2.29. The van der Waals surface area contributed by atoms with Gasteiger partial charge in [-0.3, -0.25) is 9.78 Å². The fourth-order valence-corrected chi connectivity index (χ4v) is 2.28. The summed E-state index contributed by atoms with van der Waals surface area (Å²) in [6.07, 6.45) is 0. The number of benzene rings is 2. The average molecular weight is 340 g/mol. The molecule has 0 saturated carbocycles. The van der Waals surface area contributed by atoms with Crippen LogP contribution in [0.5, 0.6) is 11.5 Å². The van der Waals surface area contributed by atoms with E-state index in [-0.39, 0.29) is 5.82 Å². The van der Waals surface area contributed by atoms with E-state index >= 15 is 0 Å². The van der Waals surface area contributed by atoms with Gasteiger partial charge in [-0.1, -0.05) is 18.2 Å². The van der Waals surface area contributed by atoms with Crippen LogP contribution in [0.3, 0.4) is 0 Å². The molecule has 8 nitrogen and oxygen atoms in total. The Morgan fingerprint density at radius 2 is 1.80 bits per heavy atom. The summed E-state index contributed by atoms with van der Waals surface area (Å²) in [5.41, 5.74) is 0.551. The van der Waals surface area contributed by atoms with Crippen LogP contribution in [-0.4, -0.2) is 34.9 Å². The van der Waals surface area contributed by atoms with Gasteiger partial charge in [-0.25, -0.2) is 4.79 Å². The Morgan fingerprint density at radius 1 is 1.08 bits per heavy atom. The smallest absolute Gasteiger partial charge is 0.348 e. The predicted molar refractivity (Wildman–Crippen MR) is 91.7 cm³/mol. The van der Waals surface area contributed by atoms with Gasteiger partial charge in [0.1, 0.15) is 0 Å². The summed E-state index contributed by atoms with van der Waals surface area (Å²) in [7, 11) is 3.03. The van der Waals surface area contributed by atoms with E-state index in [9.17, 15) is 9.59 Å². The molecule has 1 heterocycles. The number of amides is 1. The topological polar surface area (TPSA) is 98.2 Å². The van der Waals surface area contributed by atoms with Gasteiger partial charge in [0.25, 0.3) is 5.91 Å². The lowest BCUT2D eigenvalue weighted by Gasteiger charge is -2.09. The van der Waals surface area contributed by atoms with Crippen LogP contribution in [0.1, 0.15) is 10.6 Å². The van der Waals surface area contributed by atoms with Crippen LogP contribution in [0.2, 0.25) is 0 Å². The van der Waals surface area contributed by atoms with Gasteiger partial charge < -0.3 is 14.8 Å². The molecule has 1 amide bonds. The van der Waals surface area contributed by atoms with Crippen molar-refractivity contribution in [2.24, 2.45) is 0 Å². The number of rotatable bonds is 5. The van der Waals surface area contributed by atoms with Crippen LogP contribution in [0.25, 0.3) is 5.69 Å². The summed E-state index contributed by atoms with van der Waals surface area (Å²) in [5.74, 6) is 0.383. The number of aromatic amines is 1. The molecule has 0 saturated heterocycles. The number of aromatic nitrogens is 3. The number of carbonyl (C=O) groups excluding carboxylic acids is 1. The maximum absolute atomic E-state index is 12.3. The largest absolute Gasteiger partial charge is 0.493 e. The number of ether oxygens (including phenoxy) is 2. The third kappa shape index (κ3) is 3.37. The number of hydrogen-bond acceptors (Lipinski definition) is 5. The Kier molecular flexibility index (Phi) is 4.51. The molecule has 128 valence electrons. The van der Waals surface area contributed by atoms with Crippen molar-refractivity contribution in [2.75, 3.05) is 19.5 Å². The van der Waals surface area contributed by atoms with E-state index in [1.54, 1.807) is 42.5 Å². The number of H-pyrrole nitrogens is 1. The van der Waals surface area contributed by atoms with Crippen molar-refractivity contribution in [1.82, 2.24) is 14.8 Å². The second-order valence-corrected chi connectivity index (χ2v) is 5.05. The number of nitrogens with zero attached hydrogens (tertiary/aromatic N) is 2. The van der Waals surface area contributed by atoms with Gasteiger partial charge >= 0.3 is 5.69 Å². The summed E-state index contributed by atoms with van der Waals surface area (Å²) in [6.45, 7) is 0. The first kappa shape index (κ1) is 16.3. The first-order valence-corrected chi connectivity index (χ1v) is 7.40. The molecule has 0 atom stereocenters. The zero-order chi connectivity index (χ0) is 17.8. The lowest BCUT2D eigenvalue weighted by Crippen LogP contribution is -2.15. The number of anilines is 1. The minimum Gasteiger partial charge on any atom is -0.493 e. The molecule has 25 heavy (non-hydrogen) atoms. The fourth-order valence-electron chi connectivity index (χ4n) is 2.28. The normalized spacial score (nSPS) is 10.3. The fraction of sp³-hybridized carbons (Fsp3) is 0.118. The quantitative estimate of drug-likeness (QED) is 0.738. The third-order valence-corrected chi connectivity index (χ3v) is 3.47. The van der Waals surface area contributed by atoms with Crippen molar-refractivity contribution < 1.29 is 14.3 Å². The molecule has 3 aromatic rings. The molecule has 8 heteroatoms. The Hall–Kier alpha value is -3.55. The molecule has 3 rings (SSSR count). The highest BCUT2D eigenvalue weighted by atomic mass is 16.5. The molecule has 0 unspecified atom stereocenters. The summed E-state index contributed by atoms with van der Waals surface area (Å²) < 4.78 is 11.5. The molecule has 0 radical (unpaired) electrons. The first-order valence-electron chi connectivity index (χ1n) is 7.40. The second-order valence-electron chi connectivity index (χ2n) is 5.05. The third-order valence-electron chi connectivity index (χ3n) is 3.47. The molecular formula is C17H16N4O4. The summed E-state index contributed by atoms with van der Waals surface area (Å²) in [4.78, 5) is 26.8. The second kappa shape index (κ2) is 6.91. The van der Waals surface area contributed by atoms with Crippen molar-refractivity contribution in [2.45, 2.75) is 0 Å². The lowest BCUT2D eigenvalue weighted by atomic mass is 10.2. The molecule has 2 N–H and O–H groups in total. The highest BCUT2D eigenvalue weighted by molar-refractivity contribution is 6.01. The summed E-state index contributed by atoms with van der Waals surface area (Å²) in [5, 5.41) is 6.69. The molecule has 0 fully saturated rings. The zero-order valence-electron chi connectivity index (χ0n) is 13.6. The van der Waals surface area contributed by atoms with Gasteiger partial charge in [-0.15, -0.1) is 5.10 Å². The van der Waals surface area contributed by atoms with E-state index < -0.39 is 11.6 Å². The molecule has 0 aliphatic heterocycles. The molecular weight excluding hydrogens is 324 g/mol. The molecule has 0 bridgehead atoms. The number of nitrogens with one attached hydrogen (secondary N) is 2. The van der Waals surface area contributed by atoms with Crippen molar-refractivity contribution in [3.63, 3.8) is 0 Å². The molecule has 0 spiro atoms. The monoisotopic (exact) mass is 340 g/mol. The van der Waals surface area contributed by atoms with Crippen molar-refractivity contribution in [1.29, 1.82) is 0 Å².